The highest BCUT2D eigenvalue weighted by Crippen LogP contribution is 2.32. The number of para-hydroxylation sites is 3. The molecule has 1 N–H and O–H groups in total. The van der Waals surface area contributed by atoms with Crippen molar-refractivity contribution in [2.75, 3.05) is 12.4 Å². The summed E-state index contributed by atoms with van der Waals surface area (Å²) in [5.74, 6) is 0.815. The molecule has 0 amide bonds. The lowest BCUT2D eigenvalue weighted by molar-refractivity contribution is 0.304. The quantitative estimate of drug-likeness (QED) is 0.276. The Kier molecular flexibility index (Phi) is 5.97. The molecule has 0 atom stereocenters. The average Bonchev–Trinajstić information content (AvgIpc) is 3.32. The van der Waals surface area contributed by atoms with Gasteiger partial charge in [-0.1, -0.05) is 36.4 Å². The van der Waals surface area contributed by atoms with E-state index in [0.717, 1.165) is 11.3 Å². The van der Waals surface area contributed by atoms with Gasteiger partial charge in [0.1, 0.15) is 18.2 Å². The number of anilines is 2. The maximum Gasteiger partial charge on any atom is 0.345 e. The molecule has 170 valence electrons. The summed E-state index contributed by atoms with van der Waals surface area (Å²) in [6.07, 6.45) is 0. The zero-order valence-corrected chi connectivity index (χ0v) is 18.9. The van der Waals surface area contributed by atoms with Crippen molar-refractivity contribution in [1.29, 1.82) is 0 Å². The first kappa shape index (κ1) is 21.7. The van der Waals surface area contributed by atoms with Crippen molar-refractivity contribution in [3.8, 4) is 22.8 Å². The van der Waals surface area contributed by atoms with Gasteiger partial charge in [-0.15, -0.1) is 11.3 Å². The number of rotatable bonds is 7. The second-order valence-corrected chi connectivity index (χ2v) is 8.26. The summed E-state index contributed by atoms with van der Waals surface area (Å²) >= 11 is 1.37. The standard InChI is InChI=1S/C26H19FN2O4S/c1-31-22-7-3-2-6-20(22)28-26-29-21(15-34-26)19-13-17-5-4-8-23(24(17)33-25(19)30)32-14-16-9-11-18(27)12-10-16/h2-13,15H,14H2,1H3,(H,28,29). The van der Waals surface area contributed by atoms with Gasteiger partial charge in [-0.3, -0.25) is 0 Å². The SMILES string of the molecule is COc1ccccc1Nc1nc(-c2cc3cccc(OCc4ccc(F)cc4)c3oc2=O)cs1. The third kappa shape index (κ3) is 4.49. The van der Waals surface area contributed by atoms with E-state index in [1.807, 2.05) is 36.4 Å². The van der Waals surface area contributed by atoms with Crippen LogP contribution in [0.25, 0.3) is 22.2 Å². The number of thiazole rings is 1. The van der Waals surface area contributed by atoms with E-state index in [2.05, 4.69) is 10.3 Å². The van der Waals surface area contributed by atoms with Gasteiger partial charge in [0.05, 0.1) is 24.1 Å². The van der Waals surface area contributed by atoms with E-state index in [4.69, 9.17) is 13.9 Å². The van der Waals surface area contributed by atoms with Crippen molar-refractivity contribution in [3.05, 3.63) is 100.0 Å². The van der Waals surface area contributed by atoms with Gasteiger partial charge in [-0.2, -0.15) is 0 Å². The molecule has 0 spiro atoms. The number of hydrogen-bond acceptors (Lipinski definition) is 7. The van der Waals surface area contributed by atoms with Crippen molar-refractivity contribution in [3.63, 3.8) is 0 Å². The van der Waals surface area contributed by atoms with Crippen LogP contribution in [-0.4, -0.2) is 12.1 Å². The van der Waals surface area contributed by atoms with E-state index in [1.54, 1.807) is 36.8 Å². The number of methoxy groups -OCH3 is 1. The molecule has 0 unspecified atom stereocenters. The van der Waals surface area contributed by atoms with Crippen LogP contribution in [0.4, 0.5) is 15.2 Å². The van der Waals surface area contributed by atoms with Crippen molar-refractivity contribution in [1.82, 2.24) is 4.98 Å². The normalized spacial score (nSPS) is 10.9. The molecule has 0 saturated carbocycles. The zero-order chi connectivity index (χ0) is 23.5. The van der Waals surface area contributed by atoms with E-state index in [9.17, 15) is 9.18 Å². The fraction of sp³-hybridized carbons (Fsp3) is 0.0769. The number of nitrogens with one attached hydrogen (secondary N) is 1. The molecule has 0 aliphatic rings. The van der Waals surface area contributed by atoms with Crippen LogP contribution in [0, 0.1) is 5.82 Å². The van der Waals surface area contributed by atoms with Gasteiger partial charge in [0.25, 0.3) is 0 Å². The highest BCUT2D eigenvalue weighted by Gasteiger charge is 2.15. The molecule has 5 aromatic rings. The lowest BCUT2D eigenvalue weighted by Gasteiger charge is -2.09. The molecule has 2 heterocycles. The summed E-state index contributed by atoms with van der Waals surface area (Å²) in [6, 6.07) is 20.7. The van der Waals surface area contributed by atoms with Crippen molar-refractivity contribution < 1.29 is 18.3 Å². The van der Waals surface area contributed by atoms with Gasteiger partial charge in [0, 0.05) is 10.8 Å². The minimum Gasteiger partial charge on any atom is -0.495 e. The highest BCUT2D eigenvalue weighted by atomic mass is 32.1. The number of aromatic nitrogens is 1. The summed E-state index contributed by atoms with van der Waals surface area (Å²) in [6.45, 7) is 0.217. The molecule has 5 rings (SSSR count). The Morgan fingerprint density at radius 1 is 1.03 bits per heavy atom. The minimum atomic E-state index is -0.514. The zero-order valence-electron chi connectivity index (χ0n) is 18.1. The molecule has 0 aliphatic carbocycles. The lowest BCUT2D eigenvalue weighted by Crippen LogP contribution is -2.04. The van der Waals surface area contributed by atoms with E-state index in [0.29, 0.717) is 38.9 Å². The molecule has 0 bridgehead atoms. The first-order valence-corrected chi connectivity index (χ1v) is 11.3. The predicted molar refractivity (Wildman–Crippen MR) is 131 cm³/mol. The van der Waals surface area contributed by atoms with Crippen LogP contribution in [0.1, 0.15) is 5.56 Å². The molecular weight excluding hydrogens is 455 g/mol. The van der Waals surface area contributed by atoms with Crippen molar-refractivity contribution in [2.45, 2.75) is 6.61 Å². The van der Waals surface area contributed by atoms with Crippen LogP contribution in [0.15, 0.2) is 87.4 Å². The second-order valence-electron chi connectivity index (χ2n) is 7.40. The van der Waals surface area contributed by atoms with Gasteiger partial charge in [0.15, 0.2) is 16.5 Å². The third-order valence-electron chi connectivity index (χ3n) is 5.16. The van der Waals surface area contributed by atoms with Gasteiger partial charge >= 0.3 is 5.63 Å². The van der Waals surface area contributed by atoms with Crippen molar-refractivity contribution >= 4 is 33.1 Å². The maximum atomic E-state index is 13.1. The highest BCUT2D eigenvalue weighted by molar-refractivity contribution is 7.14. The summed E-state index contributed by atoms with van der Waals surface area (Å²) in [7, 11) is 1.60. The summed E-state index contributed by atoms with van der Waals surface area (Å²) in [5.41, 5.74) is 2.28. The molecule has 2 aromatic heterocycles. The minimum absolute atomic E-state index is 0.217. The van der Waals surface area contributed by atoms with E-state index in [1.165, 1.54) is 23.5 Å². The van der Waals surface area contributed by atoms with Gasteiger partial charge in [0.2, 0.25) is 0 Å². The van der Waals surface area contributed by atoms with Gasteiger partial charge in [-0.05, 0) is 42.0 Å². The van der Waals surface area contributed by atoms with Crippen LogP contribution in [0.3, 0.4) is 0 Å². The smallest absolute Gasteiger partial charge is 0.345 e. The number of hydrogen-bond donors (Lipinski definition) is 1. The first-order valence-electron chi connectivity index (χ1n) is 10.4. The van der Waals surface area contributed by atoms with Crippen LogP contribution in [0.2, 0.25) is 0 Å². The summed E-state index contributed by atoms with van der Waals surface area (Å²) in [5, 5.41) is 6.35. The monoisotopic (exact) mass is 474 g/mol. The van der Waals surface area contributed by atoms with Crippen LogP contribution >= 0.6 is 11.3 Å². The van der Waals surface area contributed by atoms with E-state index >= 15 is 0 Å². The fourth-order valence-electron chi connectivity index (χ4n) is 3.47. The van der Waals surface area contributed by atoms with E-state index in [-0.39, 0.29) is 12.4 Å². The number of nitrogens with zero attached hydrogens (tertiary/aromatic N) is 1. The van der Waals surface area contributed by atoms with Crippen molar-refractivity contribution in [2.24, 2.45) is 0 Å². The molecule has 8 heteroatoms. The van der Waals surface area contributed by atoms with E-state index < -0.39 is 5.63 Å². The van der Waals surface area contributed by atoms with Crippen LogP contribution in [-0.2, 0) is 6.61 Å². The molecule has 0 radical (unpaired) electrons. The molecule has 6 nitrogen and oxygen atoms in total. The topological polar surface area (TPSA) is 73.6 Å². The van der Waals surface area contributed by atoms with Gasteiger partial charge < -0.3 is 19.2 Å². The Morgan fingerprint density at radius 2 is 1.82 bits per heavy atom. The predicted octanol–water partition coefficient (Wildman–Crippen LogP) is 6.39. The summed E-state index contributed by atoms with van der Waals surface area (Å²) < 4.78 is 30.0. The Morgan fingerprint density at radius 3 is 2.65 bits per heavy atom. The molecule has 3 aromatic carbocycles. The second kappa shape index (κ2) is 9.36. The molecule has 0 aliphatic heterocycles. The first-order chi connectivity index (χ1) is 16.6. The molecular formula is C26H19FN2O4S. The Labute approximate surface area is 198 Å². The Hall–Kier alpha value is -4.17. The fourth-order valence-corrected chi connectivity index (χ4v) is 4.19. The molecule has 0 fully saturated rings. The number of ether oxygens (including phenoxy) is 2. The van der Waals surface area contributed by atoms with Gasteiger partial charge in [-0.25, -0.2) is 14.2 Å². The maximum absolute atomic E-state index is 13.1. The van der Waals surface area contributed by atoms with Crippen LogP contribution < -0.4 is 20.4 Å². The Balaban J connectivity index is 1.41. The number of halogens is 1. The molecule has 34 heavy (non-hydrogen) atoms. The lowest BCUT2D eigenvalue weighted by atomic mass is 10.1. The number of benzene rings is 3. The summed E-state index contributed by atoms with van der Waals surface area (Å²) in [4.78, 5) is 17.4. The average molecular weight is 475 g/mol. The molecule has 0 saturated heterocycles. The number of fused-ring (bicyclic) bond motifs is 1. The Bertz CT molecular complexity index is 1510. The largest absolute Gasteiger partial charge is 0.495 e. The van der Waals surface area contributed by atoms with Crippen LogP contribution in [0.5, 0.6) is 11.5 Å². The third-order valence-corrected chi connectivity index (χ3v) is 5.92.